The zero-order valence-corrected chi connectivity index (χ0v) is 16.4. The normalized spacial score (nSPS) is 17.2. The Morgan fingerprint density at radius 1 is 1.00 bits per heavy atom. The lowest BCUT2D eigenvalue weighted by molar-refractivity contribution is -0.120. The number of fused-ring (bicyclic) bond motifs is 1. The van der Waals surface area contributed by atoms with Gasteiger partial charge in [-0.25, -0.2) is 9.97 Å². The topological polar surface area (TPSA) is 61.4 Å². The van der Waals surface area contributed by atoms with E-state index >= 15 is 0 Å². The number of carbonyl (C=O) groups excluding carboxylic acids is 1. The second-order valence-electron chi connectivity index (χ2n) is 7.71. The molecule has 0 unspecified atom stereocenters. The number of benzene rings is 1. The highest BCUT2D eigenvalue weighted by atomic mass is 16.1. The van der Waals surface area contributed by atoms with E-state index in [1.165, 1.54) is 30.4 Å². The Kier molecular flexibility index (Phi) is 6.17. The smallest absolute Gasteiger partial charge is 0.225 e. The van der Waals surface area contributed by atoms with E-state index in [0.717, 1.165) is 50.7 Å². The first-order valence-corrected chi connectivity index (χ1v) is 10.4. The van der Waals surface area contributed by atoms with E-state index in [0.29, 0.717) is 13.0 Å². The lowest BCUT2D eigenvalue weighted by Crippen LogP contribution is -2.49. The summed E-state index contributed by atoms with van der Waals surface area (Å²) in [5.41, 5.74) is 4.04. The molecule has 0 atom stereocenters. The summed E-state index contributed by atoms with van der Waals surface area (Å²) in [7, 11) is 0. The summed E-state index contributed by atoms with van der Waals surface area (Å²) in [4.78, 5) is 25.5. The van der Waals surface area contributed by atoms with E-state index in [9.17, 15) is 4.79 Å². The Morgan fingerprint density at radius 3 is 2.54 bits per heavy atom. The molecule has 1 fully saturated rings. The average molecular weight is 380 g/mol. The van der Waals surface area contributed by atoms with E-state index in [-0.39, 0.29) is 5.91 Å². The van der Waals surface area contributed by atoms with E-state index in [4.69, 9.17) is 0 Å². The first kappa shape index (κ1) is 18.9. The van der Waals surface area contributed by atoms with Crippen LogP contribution in [0.1, 0.15) is 29.5 Å². The molecule has 1 saturated heterocycles. The van der Waals surface area contributed by atoms with Crippen molar-refractivity contribution < 1.29 is 4.79 Å². The van der Waals surface area contributed by atoms with Crippen molar-refractivity contribution in [3.8, 4) is 0 Å². The average Bonchev–Trinajstić information content (AvgIpc) is 2.75. The molecule has 0 spiro atoms. The third kappa shape index (κ3) is 4.87. The Hall–Kier alpha value is -2.47. The summed E-state index contributed by atoms with van der Waals surface area (Å²) in [5, 5.41) is 3.08. The number of anilines is 1. The highest BCUT2D eigenvalue weighted by molar-refractivity contribution is 5.78. The van der Waals surface area contributed by atoms with Crippen molar-refractivity contribution in [2.45, 2.75) is 32.1 Å². The van der Waals surface area contributed by atoms with Crippen LogP contribution in [-0.2, 0) is 24.1 Å². The highest BCUT2D eigenvalue weighted by Gasteiger charge is 2.18. The van der Waals surface area contributed by atoms with Crippen molar-refractivity contribution in [1.82, 2.24) is 20.2 Å². The molecule has 1 aromatic heterocycles. The van der Waals surface area contributed by atoms with Crippen LogP contribution in [0, 0.1) is 0 Å². The van der Waals surface area contributed by atoms with Gasteiger partial charge in [-0.2, -0.15) is 0 Å². The van der Waals surface area contributed by atoms with Gasteiger partial charge in [0.1, 0.15) is 0 Å². The molecule has 1 amide bonds. The van der Waals surface area contributed by atoms with Crippen LogP contribution in [-0.4, -0.2) is 60.0 Å². The number of amides is 1. The summed E-state index contributed by atoms with van der Waals surface area (Å²) in [6.45, 7) is 5.38. The number of piperazine rings is 1. The Labute approximate surface area is 167 Å². The number of hydrogen-bond acceptors (Lipinski definition) is 5. The number of aryl methyl sites for hydroxylation is 2. The maximum absolute atomic E-state index is 12.3. The van der Waals surface area contributed by atoms with Crippen molar-refractivity contribution in [3.05, 3.63) is 53.3 Å². The predicted octanol–water partition coefficient (Wildman–Crippen LogP) is 1.84. The molecular weight excluding hydrogens is 350 g/mol. The van der Waals surface area contributed by atoms with Gasteiger partial charge < -0.3 is 10.2 Å². The van der Waals surface area contributed by atoms with Crippen LogP contribution >= 0.6 is 0 Å². The molecule has 2 heterocycles. The zero-order chi connectivity index (χ0) is 19.2. The Morgan fingerprint density at radius 2 is 1.75 bits per heavy atom. The fourth-order valence-electron chi connectivity index (χ4n) is 4.12. The minimum atomic E-state index is 0.118. The fourth-order valence-corrected chi connectivity index (χ4v) is 4.12. The van der Waals surface area contributed by atoms with E-state index in [1.807, 2.05) is 6.07 Å². The standard InChI is InChI=1S/C22H29N5O/c28-21(17-18-6-7-19-4-1-2-5-20(19)16-18)23-10-11-26-12-14-27(15-13-26)22-24-8-3-9-25-22/h3,6-9,16H,1-2,4-5,10-15,17H2,(H,23,28). The van der Waals surface area contributed by atoms with Crippen LogP contribution < -0.4 is 10.2 Å². The van der Waals surface area contributed by atoms with Crippen LogP contribution in [0.25, 0.3) is 0 Å². The molecule has 2 aliphatic rings. The molecule has 1 aliphatic heterocycles. The largest absolute Gasteiger partial charge is 0.355 e. The molecule has 6 heteroatoms. The van der Waals surface area contributed by atoms with Gasteiger partial charge in [-0.3, -0.25) is 9.69 Å². The number of carbonyl (C=O) groups is 1. The molecule has 0 radical (unpaired) electrons. The monoisotopic (exact) mass is 379 g/mol. The minimum absolute atomic E-state index is 0.118. The fraction of sp³-hybridized carbons (Fsp3) is 0.500. The molecular formula is C22H29N5O. The van der Waals surface area contributed by atoms with Crippen molar-refractivity contribution in [3.63, 3.8) is 0 Å². The number of hydrogen-bond donors (Lipinski definition) is 1. The highest BCUT2D eigenvalue weighted by Crippen LogP contribution is 2.22. The number of aromatic nitrogens is 2. The third-order valence-corrected chi connectivity index (χ3v) is 5.74. The van der Waals surface area contributed by atoms with Crippen LogP contribution in [0.5, 0.6) is 0 Å². The second-order valence-corrected chi connectivity index (χ2v) is 7.71. The van der Waals surface area contributed by atoms with Crippen molar-refractivity contribution in [1.29, 1.82) is 0 Å². The van der Waals surface area contributed by atoms with Gasteiger partial charge in [-0.15, -0.1) is 0 Å². The van der Waals surface area contributed by atoms with Crippen LogP contribution in [0.15, 0.2) is 36.7 Å². The Balaban J connectivity index is 1.17. The van der Waals surface area contributed by atoms with Crippen molar-refractivity contribution in [2.75, 3.05) is 44.2 Å². The van der Waals surface area contributed by atoms with Gasteiger partial charge in [-0.1, -0.05) is 18.2 Å². The van der Waals surface area contributed by atoms with Gasteiger partial charge in [0, 0.05) is 51.7 Å². The lowest BCUT2D eigenvalue weighted by Gasteiger charge is -2.34. The summed E-state index contributed by atoms with van der Waals surface area (Å²) >= 11 is 0. The first-order chi connectivity index (χ1) is 13.8. The SMILES string of the molecule is O=C(Cc1ccc2c(c1)CCCC2)NCCN1CCN(c2ncccn2)CC1. The van der Waals surface area contributed by atoms with Gasteiger partial charge in [-0.05, 0) is 48.4 Å². The lowest BCUT2D eigenvalue weighted by atomic mass is 9.90. The van der Waals surface area contributed by atoms with Crippen LogP contribution in [0.4, 0.5) is 5.95 Å². The van der Waals surface area contributed by atoms with Crippen molar-refractivity contribution in [2.24, 2.45) is 0 Å². The molecule has 1 aliphatic carbocycles. The molecule has 1 N–H and O–H groups in total. The second kappa shape index (κ2) is 9.15. The summed E-state index contributed by atoms with van der Waals surface area (Å²) in [5.74, 6) is 0.924. The van der Waals surface area contributed by atoms with Gasteiger partial charge in [0.25, 0.3) is 0 Å². The van der Waals surface area contributed by atoms with Crippen LogP contribution in [0.2, 0.25) is 0 Å². The number of rotatable bonds is 6. The van der Waals surface area contributed by atoms with Gasteiger partial charge in [0.2, 0.25) is 11.9 Å². The molecule has 6 nitrogen and oxygen atoms in total. The van der Waals surface area contributed by atoms with Gasteiger partial charge in [0.15, 0.2) is 0 Å². The summed E-state index contributed by atoms with van der Waals surface area (Å²) in [6, 6.07) is 8.41. The number of nitrogens with one attached hydrogen (secondary N) is 1. The molecule has 0 bridgehead atoms. The molecule has 1 aromatic carbocycles. The molecule has 148 valence electrons. The number of nitrogens with zero attached hydrogens (tertiary/aromatic N) is 4. The van der Waals surface area contributed by atoms with Crippen molar-refractivity contribution >= 4 is 11.9 Å². The molecule has 2 aromatic rings. The minimum Gasteiger partial charge on any atom is -0.355 e. The third-order valence-electron chi connectivity index (χ3n) is 5.74. The van der Waals surface area contributed by atoms with E-state index < -0.39 is 0 Å². The Bertz CT molecular complexity index is 787. The van der Waals surface area contributed by atoms with Gasteiger partial charge in [0.05, 0.1) is 6.42 Å². The van der Waals surface area contributed by atoms with Gasteiger partial charge >= 0.3 is 0 Å². The molecule has 0 saturated carbocycles. The molecule has 28 heavy (non-hydrogen) atoms. The first-order valence-electron chi connectivity index (χ1n) is 10.4. The maximum atomic E-state index is 12.3. The maximum Gasteiger partial charge on any atom is 0.225 e. The van der Waals surface area contributed by atoms with Crippen LogP contribution in [0.3, 0.4) is 0 Å². The quantitative estimate of drug-likeness (QED) is 0.830. The molecule has 4 rings (SSSR count). The predicted molar refractivity (Wildman–Crippen MR) is 110 cm³/mol. The zero-order valence-electron chi connectivity index (χ0n) is 16.4. The van der Waals surface area contributed by atoms with E-state index in [1.54, 1.807) is 12.4 Å². The van der Waals surface area contributed by atoms with E-state index in [2.05, 4.69) is 43.3 Å². The summed E-state index contributed by atoms with van der Waals surface area (Å²) < 4.78 is 0. The summed E-state index contributed by atoms with van der Waals surface area (Å²) in [6.07, 6.45) is 8.95.